The first-order chi connectivity index (χ1) is 6.77. The van der Waals surface area contributed by atoms with E-state index >= 15 is 0 Å². The fraction of sp³-hybridized carbons (Fsp3) is 0.923. The second-order valence-corrected chi connectivity index (χ2v) is 4.30. The molecule has 84 valence electrons. The molecule has 14 heavy (non-hydrogen) atoms. The van der Waals surface area contributed by atoms with Gasteiger partial charge in [-0.15, -0.1) is 0 Å². The maximum atomic E-state index is 4.39. The van der Waals surface area contributed by atoms with E-state index in [-0.39, 0.29) is 0 Å². The van der Waals surface area contributed by atoms with Crippen molar-refractivity contribution in [2.45, 2.75) is 72.1 Å². The van der Waals surface area contributed by atoms with Crippen LogP contribution in [0.3, 0.4) is 0 Å². The summed E-state index contributed by atoms with van der Waals surface area (Å²) in [4.78, 5) is 4.39. The normalized spacial score (nSPS) is 10.2. The molecular formula is C13H27N. The van der Waals surface area contributed by atoms with Gasteiger partial charge in [0.25, 0.3) is 0 Å². The maximum absolute atomic E-state index is 4.39. The Bertz CT molecular complexity index is 134. The molecule has 0 spiro atoms. The van der Waals surface area contributed by atoms with Crippen LogP contribution in [0.4, 0.5) is 0 Å². The minimum atomic E-state index is 1.04. The van der Waals surface area contributed by atoms with Crippen molar-refractivity contribution in [3.8, 4) is 0 Å². The van der Waals surface area contributed by atoms with Crippen LogP contribution in [0.2, 0.25) is 0 Å². The number of aliphatic imine (C=N–C) groups is 1. The molecule has 0 saturated heterocycles. The molecule has 0 aromatic heterocycles. The standard InChI is InChI=1S/C13H27N/c1-4-5-6-7-8-9-10-11-12-14-13(2)3/h4-12H2,1-3H3. The fourth-order valence-electron chi connectivity index (χ4n) is 1.55. The largest absolute Gasteiger partial charge is 0.295 e. The van der Waals surface area contributed by atoms with Crippen LogP contribution in [0.25, 0.3) is 0 Å². The first-order valence-electron chi connectivity index (χ1n) is 6.25. The highest BCUT2D eigenvalue weighted by Gasteiger charge is 1.90. The molecule has 0 unspecified atom stereocenters. The number of hydrogen-bond acceptors (Lipinski definition) is 1. The summed E-state index contributed by atoms with van der Waals surface area (Å²) in [7, 11) is 0. The van der Waals surface area contributed by atoms with Crippen LogP contribution in [0, 0.1) is 0 Å². The highest BCUT2D eigenvalue weighted by molar-refractivity contribution is 5.78. The van der Waals surface area contributed by atoms with Crippen LogP contribution in [0.1, 0.15) is 72.1 Å². The zero-order chi connectivity index (χ0) is 10.6. The molecule has 0 aromatic rings. The van der Waals surface area contributed by atoms with E-state index in [0.29, 0.717) is 0 Å². The third-order valence-corrected chi connectivity index (χ3v) is 2.44. The molecule has 0 radical (unpaired) electrons. The second-order valence-electron chi connectivity index (χ2n) is 4.30. The topological polar surface area (TPSA) is 12.4 Å². The lowest BCUT2D eigenvalue weighted by atomic mass is 10.1. The van der Waals surface area contributed by atoms with Crippen LogP contribution in [-0.2, 0) is 0 Å². The van der Waals surface area contributed by atoms with E-state index < -0.39 is 0 Å². The average Bonchev–Trinajstić information content (AvgIpc) is 2.15. The Hall–Kier alpha value is -0.330. The summed E-state index contributed by atoms with van der Waals surface area (Å²) in [5.41, 5.74) is 1.22. The van der Waals surface area contributed by atoms with Crippen LogP contribution < -0.4 is 0 Å². The van der Waals surface area contributed by atoms with Gasteiger partial charge in [0.15, 0.2) is 0 Å². The first kappa shape index (κ1) is 13.7. The molecule has 0 aromatic carbocycles. The minimum absolute atomic E-state index is 1.04. The Morgan fingerprint density at radius 2 is 1.29 bits per heavy atom. The summed E-state index contributed by atoms with van der Waals surface area (Å²) >= 11 is 0. The molecule has 1 nitrogen and oxygen atoms in total. The Morgan fingerprint density at radius 3 is 1.79 bits per heavy atom. The Balaban J connectivity index is 2.96. The SMILES string of the molecule is CCCCCCCCCCN=C(C)C. The number of unbranched alkanes of at least 4 members (excludes halogenated alkanes) is 7. The summed E-state index contributed by atoms with van der Waals surface area (Å²) < 4.78 is 0. The van der Waals surface area contributed by atoms with E-state index in [2.05, 4.69) is 25.8 Å². The number of hydrogen-bond donors (Lipinski definition) is 0. The van der Waals surface area contributed by atoms with Gasteiger partial charge in [-0.2, -0.15) is 0 Å². The smallest absolute Gasteiger partial charge is 0.0388 e. The third-order valence-electron chi connectivity index (χ3n) is 2.44. The van der Waals surface area contributed by atoms with Gasteiger partial charge in [-0.1, -0.05) is 51.9 Å². The Morgan fingerprint density at radius 1 is 0.786 bits per heavy atom. The molecule has 0 atom stereocenters. The fourth-order valence-corrected chi connectivity index (χ4v) is 1.55. The van der Waals surface area contributed by atoms with Crippen molar-refractivity contribution in [1.82, 2.24) is 0 Å². The van der Waals surface area contributed by atoms with Gasteiger partial charge < -0.3 is 0 Å². The molecule has 0 aliphatic carbocycles. The van der Waals surface area contributed by atoms with Crippen molar-refractivity contribution in [3.05, 3.63) is 0 Å². The van der Waals surface area contributed by atoms with Crippen LogP contribution >= 0.6 is 0 Å². The number of rotatable bonds is 9. The monoisotopic (exact) mass is 197 g/mol. The lowest BCUT2D eigenvalue weighted by molar-refractivity contribution is 0.578. The van der Waals surface area contributed by atoms with Gasteiger partial charge >= 0.3 is 0 Å². The van der Waals surface area contributed by atoms with E-state index in [9.17, 15) is 0 Å². The molecule has 0 heterocycles. The molecule has 0 N–H and O–H groups in total. The Kier molecular flexibility index (Phi) is 10.5. The summed E-state index contributed by atoms with van der Waals surface area (Å²) in [6.07, 6.45) is 11.1. The van der Waals surface area contributed by atoms with E-state index in [0.717, 1.165) is 6.54 Å². The van der Waals surface area contributed by atoms with Crippen LogP contribution in [-0.4, -0.2) is 12.3 Å². The van der Waals surface area contributed by atoms with Crippen molar-refractivity contribution in [2.24, 2.45) is 4.99 Å². The molecule has 0 fully saturated rings. The van der Waals surface area contributed by atoms with E-state index in [4.69, 9.17) is 0 Å². The van der Waals surface area contributed by atoms with Gasteiger partial charge in [-0.05, 0) is 20.3 Å². The minimum Gasteiger partial charge on any atom is -0.295 e. The number of nitrogens with zero attached hydrogens (tertiary/aromatic N) is 1. The molecule has 0 saturated carbocycles. The van der Waals surface area contributed by atoms with E-state index in [1.54, 1.807) is 0 Å². The zero-order valence-corrected chi connectivity index (χ0v) is 10.3. The molecule has 0 rings (SSSR count). The first-order valence-corrected chi connectivity index (χ1v) is 6.25. The van der Waals surface area contributed by atoms with Crippen molar-refractivity contribution in [3.63, 3.8) is 0 Å². The molecule has 0 amide bonds. The third kappa shape index (κ3) is 11.7. The molecular weight excluding hydrogens is 170 g/mol. The maximum Gasteiger partial charge on any atom is 0.0388 e. The predicted octanol–water partition coefficient (Wildman–Crippen LogP) is 4.61. The predicted molar refractivity (Wildman–Crippen MR) is 66.3 cm³/mol. The summed E-state index contributed by atoms with van der Waals surface area (Å²) in [5.74, 6) is 0. The Labute approximate surface area is 90.0 Å². The van der Waals surface area contributed by atoms with Gasteiger partial charge in [-0.25, -0.2) is 0 Å². The summed E-state index contributed by atoms with van der Waals surface area (Å²) in [5, 5.41) is 0. The lowest BCUT2D eigenvalue weighted by Gasteiger charge is -2.00. The molecule has 0 aliphatic rings. The molecule has 1 heteroatoms. The van der Waals surface area contributed by atoms with Gasteiger partial charge in [0.1, 0.15) is 0 Å². The van der Waals surface area contributed by atoms with E-state index in [1.165, 1.54) is 57.1 Å². The highest BCUT2D eigenvalue weighted by Crippen LogP contribution is 2.08. The van der Waals surface area contributed by atoms with Crippen molar-refractivity contribution < 1.29 is 0 Å². The van der Waals surface area contributed by atoms with Crippen molar-refractivity contribution >= 4 is 5.71 Å². The van der Waals surface area contributed by atoms with Gasteiger partial charge in [0, 0.05) is 12.3 Å². The van der Waals surface area contributed by atoms with E-state index in [1.807, 2.05) is 0 Å². The molecule has 0 aliphatic heterocycles. The van der Waals surface area contributed by atoms with Crippen LogP contribution in [0.15, 0.2) is 4.99 Å². The van der Waals surface area contributed by atoms with Gasteiger partial charge in [0.2, 0.25) is 0 Å². The van der Waals surface area contributed by atoms with Gasteiger partial charge in [0.05, 0.1) is 0 Å². The summed E-state index contributed by atoms with van der Waals surface area (Å²) in [6.45, 7) is 7.46. The molecule has 0 bridgehead atoms. The quantitative estimate of drug-likeness (QED) is 0.378. The highest BCUT2D eigenvalue weighted by atomic mass is 14.7. The van der Waals surface area contributed by atoms with Gasteiger partial charge in [-0.3, -0.25) is 4.99 Å². The van der Waals surface area contributed by atoms with Crippen molar-refractivity contribution in [1.29, 1.82) is 0 Å². The second kappa shape index (κ2) is 10.7. The van der Waals surface area contributed by atoms with Crippen LogP contribution in [0.5, 0.6) is 0 Å². The average molecular weight is 197 g/mol. The summed E-state index contributed by atoms with van der Waals surface area (Å²) in [6, 6.07) is 0. The lowest BCUT2D eigenvalue weighted by Crippen LogP contribution is -1.87. The van der Waals surface area contributed by atoms with Crippen molar-refractivity contribution in [2.75, 3.05) is 6.54 Å². The zero-order valence-electron chi connectivity index (χ0n) is 10.3.